The number of hydrogen-bond acceptors (Lipinski definition) is 3. The Morgan fingerprint density at radius 1 is 1.38 bits per heavy atom. The topological polar surface area (TPSA) is 58.5 Å². The van der Waals surface area contributed by atoms with Crippen molar-refractivity contribution in [3.05, 3.63) is 54.4 Å². The molecule has 0 saturated heterocycles. The highest BCUT2D eigenvalue weighted by atomic mass is 16.2. The van der Waals surface area contributed by atoms with Gasteiger partial charge in [-0.05, 0) is 17.8 Å². The fourth-order valence-electron chi connectivity index (χ4n) is 2.36. The maximum atomic E-state index is 11.6. The standard InChI is InChI=1S/C16H16N4O/c21-16-15(17-8-9-18-16)19-14-6-10-20(11-7-14)12-13-4-2-1-3-5-13/h1-6,9-10,14H,7,11-12H2,(H,18,21)/p+1. The zero-order chi connectivity index (χ0) is 14.5. The summed E-state index contributed by atoms with van der Waals surface area (Å²) in [5, 5.41) is 5.69. The second kappa shape index (κ2) is 6.14. The molecule has 2 heterocycles. The van der Waals surface area contributed by atoms with Crippen molar-refractivity contribution in [2.24, 2.45) is 0 Å². The van der Waals surface area contributed by atoms with Crippen LogP contribution in [0, 0.1) is 0 Å². The molecular formula is C16H17N4O+. The van der Waals surface area contributed by atoms with E-state index in [0.717, 1.165) is 19.5 Å². The fraction of sp³-hybridized carbons (Fsp3) is 0.250. The van der Waals surface area contributed by atoms with Gasteiger partial charge in [0.25, 0.3) is 0 Å². The summed E-state index contributed by atoms with van der Waals surface area (Å²) in [5.74, 6) is 2.74. The summed E-state index contributed by atoms with van der Waals surface area (Å²) >= 11 is 0. The highest BCUT2D eigenvalue weighted by Gasteiger charge is 2.26. The quantitative estimate of drug-likeness (QED) is 0.775. The lowest BCUT2D eigenvalue weighted by atomic mass is 10.1. The first-order valence-corrected chi connectivity index (χ1v) is 7.00. The van der Waals surface area contributed by atoms with E-state index >= 15 is 0 Å². The normalized spacial score (nSPS) is 20.2. The summed E-state index contributed by atoms with van der Waals surface area (Å²) in [4.78, 5) is 13.8. The van der Waals surface area contributed by atoms with Gasteiger partial charge in [0.1, 0.15) is 12.2 Å². The lowest BCUT2D eigenvalue weighted by molar-refractivity contribution is -0.114. The maximum Gasteiger partial charge on any atom is 0.444 e. The SMILES string of the molecule is O=C1NC=C=[N+]=C1NC1C=CN(Cc2ccccc2)CC1. The Kier molecular flexibility index (Phi) is 3.88. The molecule has 3 rings (SSSR count). The van der Waals surface area contributed by atoms with E-state index in [9.17, 15) is 4.79 Å². The van der Waals surface area contributed by atoms with Crippen LogP contribution in [0.1, 0.15) is 12.0 Å². The van der Waals surface area contributed by atoms with Crippen molar-refractivity contribution >= 4 is 17.6 Å². The first-order chi connectivity index (χ1) is 10.3. The maximum absolute atomic E-state index is 11.6. The molecule has 106 valence electrons. The number of nitrogens with one attached hydrogen (secondary N) is 2. The summed E-state index contributed by atoms with van der Waals surface area (Å²) < 4.78 is 3.93. The molecule has 2 aliphatic rings. The second-order valence-electron chi connectivity index (χ2n) is 5.04. The van der Waals surface area contributed by atoms with Gasteiger partial charge in [-0.3, -0.25) is 4.79 Å². The first kappa shape index (κ1) is 13.3. The average molecular weight is 281 g/mol. The third-order valence-corrected chi connectivity index (χ3v) is 3.47. The lowest BCUT2D eigenvalue weighted by Gasteiger charge is -2.26. The molecule has 21 heavy (non-hydrogen) atoms. The van der Waals surface area contributed by atoms with Gasteiger partial charge in [-0.25, -0.2) is 5.32 Å². The average Bonchev–Trinajstić information content (AvgIpc) is 2.52. The van der Waals surface area contributed by atoms with Gasteiger partial charge in [-0.1, -0.05) is 30.3 Å². The first-order valence-electron chi connectivity index (χ1n) is 7.00. The summed E-state index contributed by atoms with van der Waals surface area (Å²) in [5.41, 5.74) is 1.30. The summed E-state index contributed by atoms with van der Waals surface area (Å²) in [7, 11) is 0. The van der Waals surface area contributed by atoms with Gasteiger partial charge in [0, 0.05) is 19.5 Å². The largest absolute Gasteiger partial charge is 0.444 e. The van der Waals surface area contributed by atoms with E-state index in [1.165, 1.54) is 11.8 Å². The molecule has 2 N–H and O–H groups in total. The van der Waals surface area contributed by atoms with Gasteiger partial charge in [-0.15, -0.1) is 4.67 Å². The van der Waals surface area contributed by atoms with Crippen molar-refractivity contribution in [2.75, 3.05) is 6.54 Å². The molecule has 2 aliphatic heterocycles. The second-order valence-corrected chi connectivity index (χ2v) is 5.04. The molecule has 1 amide bonds. The van der Waals surface area contributed by atoms with Crippen molar-refractivity contribution < 1.29 is 4.79 Å². The van der Waals surface area contributed by atoms with Gasteiger partial charge < -0.3 is 10.2 Å². The van der Waals surface area contributed by atoms with Crippen molar-refractivity contribution in [3.8, 4) is 0 Å². The minimum atomic E-state index is -0.214. The molecule has 0 fully saturated rings. The van der Waals surface area contributed by atoms with Crippen LogP contribution in [-0.4, -0.2) is 35.1 Å². The molecule has 0 aliphatic carbocycles. The van der Waals surface area contributed by atoms with E-state index in [4.69, 9.17) is 0 Å². The number of amides is 1. The Bertz CT molecular complexity index is 652. The Morgan fingerprint density at radius 3 is 2.95 bits per heavy atom. The van der Waals surface area contributed by atoms with Crippen LogP contribution in [0.4, 0.5) is 0 Å². The van der Waals surface area contributed by atoms with E-state index in [0.29, 0.717) is 5.84 Å². The van der Waals surface area contributed by atoms with E-state index in [-0.39, 0.29) is 11.9 Å². The van der Waals surface area contributed by atoms with Gasteiger partial charge in [0.05, 0.1) is 0 Å². The highest BCUT2D eigenvalue weighted by molar-refractivity contribution is 6.38. The van der Waals surface area contributed by atoms with Gasteiger partial charge in [0.15, 0.2) is 0 Å². The van der Waals surface area contributed by atoms with Crippen molar-refractivity contribution in [3.63, 3.8) is 0 Å². The molecule has 5 heteroatoms. The van der Waals surface area contributed by atoms with Gasteiger partial charge >= 0.3 is 11.7 Å². The summed E-state index contributed by atoms with van der Waals surface area (Å²) in [6.07, 6.45) is 6.49. The Balaban J connectivity index is 1.58. The van der Waals surface area contributed by atoms with E-state index in [1.54, 1.807) is 0 Å². The molecule has 1 aromatic rings. The van der Waals surface area contributed by atoms with Crippen LogP contribution < -0.4 is 15.3 Å². The van der Waals surface area contributed by atoms with Crippen LogP contribution in [0.5, 0.6) is 0 Å². The number of benzene rings is 1. The van der Waals surface area contributed by atoms with Crippen LogP contribution in [-0.2, 0) is 11.3 Å². The van der Waals surface area contributed by atoms with Crippen LogP contribution in [0.25, 0.3) is 0 Å². The Hall–Kier alpha value is -2.74. The third kappa shape index (κ3) is 3.42. The summed E-state index contributed by atoms with van der Waals surface area (Å²) in [6, 6.07) is 10.5. The number of hydrogen-bond donors (Lipinski definition) is 2. The predicted octanol–water partition coefficient (Wildman–Crippen LogP) is 0.143. The van der Waals surface area contributed by atoms with Crippen molar-refractivity contribution in [2.45, 2.75) is 19.0 Å². The molecule has 0 bridgehead atoms. The molecule has 1 atom stereocenters. The van der Waals surface area contributed by atoms with Crippen molar-refractivity contribution in [1.82, 2.24) is 20.2 Å². The number of carbonyl (C=O) groups excluding carboxylic acids is 1. The molecule has 1 unspecified atom stereocenters. The molecule has 0 radical (unpaired) electrons. The monoisotopic (exact) mass is 281 g/mol. The molecule has 1 aromatic carbocycles. The zero-order valence-electron chi connectivity index (χ0n) is 11.6. The minimum Gasteiger partial charge on any atom is -0.373 e. The van der Waals surface area contributed by atoms with E-state index < -0.39 is 0 Å². The van der Waals surface area contributed by atoms with Gasteiger partial charge in [-0.2, -0.15) is 0 Å². The number of amidine groups is 1. The number of carbonyl (C=O) groups is 1. The predicted molar refractivity (Wildman–Crippen MR) is 82.4 cm³/mol. The molecule has 0 saturated carbocycles. The van der Waals surface area contributed by atoms with Gasteiger partial charge in [0.2, 0.25) is 5.87 Å². The highest BCUT2D eigenvalue weighted by Crippen LogP contribution is 2.11. The van der Waals surface area contributed by atoms with E-state index in [2.05, 4.69) is 62.6 Å². The Labute approximate surface area is 123 Å². The summed E-state index contributed by atoms with van der Waals surface area (Å²) in [6.45, 7) is 1.85. The van der Waals surface area contributed by atoms with Crippen LogP contribution in [0.15, 0.2) is 48.8 Å². The molecular weight excluding hydrogens is 264 g/mol. The molecule has 0 spiro atoms. The molecule has 0 aromatic heterocycles. The van der Waals surface area contributed by atoms with Crippen LogP contribution in [0.2, 0.25) is 0 Å². The Morgan fingerprint density at radius 2 is 2.24 bits per heavy atom. The minimum absolute atomic E-state index is 0.126. The third-order valence-electron chi connectivity index (χ3n) is 3.47. The van der Waals surface area contributed by atoms with E-state index in [1.807, 2.05) is 6.07 Å². The number of rotatable bonds is 3. The fourth-order valence-corrected chi connectivity index (χ4v) is 2.36. The number of nitrogens with zero attached hydrogens (tertiary/aromatic N) is 2. The van der Waals surface area contributed by atoms with Crippen LogP contribution in [0.3, 0.4) is 0 Å². The van der Waals surface area contributed by atoms with Crippen molar-refractivity contribution in [1.29, 1.82) is 0 Å². The van der Waals surface area contributed by atoms with Crippen LogP contribution >= 0.6 is 0 Å². The lowest BCUT2D eigenvalue weighted by Crippen LogP contribution is -2.47. The smallest absolute Gasteiger partial charge is 0.373 e. The zero-order valence-corrected chi connectivity index (χ0v) is 11.6. The molecule has 5 nitrogen and oxygen atoms in total.